The average molecular weight is 344 g/mol. The molecule has 0 unspecified atom stereocenters. The summed E-state index contributed by atoms with van der Waals surface area (Å²) >= 11 is 6.02. The minimum Gasteiger partial charge on any atom is -0.492 e. The number of aryl methyl sites for hydroxylation is 1. The van der Waals surface area contributed by atoms with Crippen molar-refractivity contribution >= 4 is 27.3 Å². The quantitative estimate of drug-likeness (QED) is 0.893. The predicted molar refractivity (Wildman–Crippen MR) is 84.6 cm³/mol. The normalized spacial score (nSPS) is 11.3. The summed E-state index contributed by atoms with van der Waals surface area (Å²) in [4.78, 5) is -0.0609. The first-order valence-electron chi connectivity index (χ1n) is 6.55. The Hall–Kier alpha value is -1.79. The number of rotatable bonds is 5. The van der Waals surface area contributed by atoms with Gasteiger partial charge in [0.25, 0.3) is 10.0 Å². The molecule has 7 heteroatoms. The van der Waals surface area contributed by atoms with Gasteiger partial charge in [-0.05, 0) is 55.8 Å². The second kappa shape index (κ2) is 6.54. The summed E-state index contributed by atoms with van der Waals surface area (Å²) in [6.45, 7) is 3.84. The van der Waals surface area contributed by atoms with E-state index in [9.17, 15) is 12.8 Å². The van der Waals surface area contributed by atoms with E-state index in [1.165, 1.54) is 30.3 Å². The van der Waals surface area contributed by atoms with Crippen LogP contribution in [0.1, 0.15) is 12.5 Å². The second-order valence-electron chi connectivity index (χ2n) is 4.59. The maximum Gasteiger partial charge on any atom is 0.265 e. The second-order valence-corrected chi connectivity index (χ2v) is 6.65. The van der Waals surface area contributed by atoms with Gasteiger partial charge in [-0.1, -0.05) is 11.6 Å². The van der Waals surface area contributed by atoms with Crippen LogP contribution in [-0.2, 0) is 10.0 Å². The first kappa shape index (κ1) is 16.6. The van der Waals surface area contributed by atoms with Crippen LogP contribution in [0, 0.1) is 12.7 Å². The van der Waals surface area contributed by atoms with Crippen molar-refractivity contribution in [2.24, 2.45) is 0 Å². The Kier molecular flexibility index (Phi) is 4.93. The molecule has 2 aromatic rings. The zero-order valence-corrected chi connectivity index (χ0v) is 13.6. The summed E-state index contributed by atoms with van der Waals surface area (Å²) in [5, 5.41) is 0.322. The summed E-state index contributed by atoms with van der Waals surface area (Å²) in [7, 11) is -3.90. The number of benzene rings is 2. The number of hydrogen-bond acceptors (Lipinski definition) is 3. The molecule has 4 nitrogen and oxygen atoms in total. The molecule has 22 heavy (non-hydrogen) atoms. The van der Waals surface area contributed by atoms with Gasteiger partial charge in [0.15, 0.2) is 0 Å². The molecule has 0 fully saturated rings. The van der Waals surface area contributed by atoms with Crippen molar-refractivity contribution < 1.29 is 17.5 Å². The van der Waals surface area contributed by atoms with Crippen molar-refractivity contribution in [1.29, 1.82) is 0 Å². The average Bonchev–Trinajstić information content (AvgIpc) is 2.45. The number of halogens is 2. The summed E-state index contributed by atoms with van der Waals surface area (Å²) in [5.74, 6) is -0.227. The Morgan fingerprint density at radius 2 is 1.86 bits per heavy atom. The molecule has 0 amide bonds. The highest BCUT2D eigenvalue weighted by Gasteiger charge is 2.21. The lowest BCUT2D eigenvalue weighted by Gasteiger charge is -2.14. The molecule has 0 aliphatic carbocycles. The minimum atomic E-state index is -3.90. The Morgan fingerprint density at radius 3 is 2.45 bits per heavy atom. The van der Waals surface area contributed by atoms with Crippen molar-refractivity contribution in [1.82, 2.24) is 0 Å². The van der Waals surface area contributed by atoms with Gasteiger partial charge in [-0.15, -0.1) is 0 Å². The smallest absolute Gasteiger partial charge is 0.265 e. The van der Waals surface area contributed by atoms with Crippen LogP contribution in [0.25, 0.3) is 0 Å². The maximum atomic E-state index is 12.9. The van der Waals surface area contributed by atoms with Crippen LogP contribution in [0.15, 0.2) is 41.3 Å². The molecule has 2 aromatic carbocycles. The molecule has 1 N–H and O–H groups in total. The van der Waals surface area contributed by atoms with Crippen LogP contribution in [0.5, 0.6) is 5.75 Å². The van der Waals surface area contributed by atoms with Crippen LogP contribution in [0.3, 0.4) is 0 Å². The van der Waals surface area contributed by atoms with Crippen molar-refractivity contribution in [2.75, 3.05) is 11.3 Å². The fraction of sp³-hybridized carbons (Fsp3) is 0.200. The lowest BCUT2D eigenvalue weighted by Crippen LogP contribution is -2.14. The van der Waals surface area contributed by atoms with Crippen LogP contribution in [0.4, 0.5) is 10.1 Å². The van der Waals surface area contributed by atoms with Crippen molar-refractivity contribution in [3.63, 3.8) is 0 Å². The zero-order chi connectivity index (χ0) is 16.3. The first-order valence-corrected chi connectivity index (χ1v) is 8.41. The summed E-state index contributed by atoms with van der Waals surface area (Å²) in [6.07, 6.45) is 0. The summed E-state index contributed by atoms with van der Waals surface area (Å²) in [6, 6.07) is 7.93. The van der Waals surface area contributed by atoms with Crippen molar-refractivity contribution in [3.8, 4) is 5.75 Å². The SMILES string of the molecule is CCOc1cc(C)c(Cl)cc1S(=O)(=O)Nc1ccc(F)cc1. The number of hydrogen-bond donors (Lipinski definition) is 1. The van der Waals surface area contributed by atoms with Gasteiger partial charge in [0, 0.05) is 10.7 Å². The Labute approximate surface area is 133 Å². The van der Waals surface area contributed by atoms with Gasteiger partial charge >= 0.3 is 0 Å². The number of anilines is 1. The molecule has 0 atom stereocenters. The van der Waals surface area contributed by atoms with E-state index in [-0.39, 0.29) is 16.3 Å². The standard InChI is InChI=1S/C15H15ClFNO3S/c1-3-21-14-8-10(2)13(16)9-15(14)22(19,20)18-12-6-4-11(17)5-7-12/h4-9,18H,3H2,1-2H3. The van der Waals surface area contributed by atoms with Crippen LogP contribution >= 0.6 is 11.6 Å². The molecule has 2 rings (SSSR count). The molecule has 0 spiro atoms. The number of sulfonamides is 1. The van der Waals surface area contributed by atoms with E-state index < -0.39 is 15.8 Å². The van der Waals surface area contributed by atoms with Crippen LogP contribution < -0.4 is 9.46 Å². The van der Waals surface area contributed by atoms with Crippen molar-refractivity contribution in [2.45, 2.75) is 18.7 Å². The third kappa shape index (κ3) is 3.69. The fourth-order valence-electron chi connectivity index (χ4n) is 1.84. The van der Waals surface area contributed by atoms with E-state index in [1.54, 1.807) is 19.9 Å². The molecular weight excluding hydrogens is 329 g/mol. The Balaban J connectivity index is 2.44. The zero-order valence-electron chi connectivity index (χ0n) is 12.1. The van der Waals surface area contributed by atoms with Crippen LogP contribution in [0.2, 0.25) is 5.02 Å². The molecule has 0 aliphatic rings. The Bertz CT molecular complexity index is 776. The minimum absolute atomic E-state index is 0.0609. The third-order valence-electron chi connectivity index (χ3n) is 2.91. The molecule has 0 aliphatic heterocycles. The molecule has 0 saturated carbocycles. The molecule has 0 radical (unpaired) electrons. The Morgan fingerprint density at radius 1 is 1.23 bits per heavy atom. The van der Waals surface area contributed by atoms with E-state index in [0.29, 0.717) is 17.2 Å². The van der Waals surface area contributed by atoms with E-state index in [2.05, 4.69) is 4.72 Å². The fourth-order valence-corrected chi connectivity index (χ4v) is 3.28. The summed E-state index contributed by atoms with van der Waals surface area (Å²) < 4.78 is 45.6. The first-order chi connectivity index (χ1) is 10.3. The van der Waals surface area contributed by atoms with Gasteiger partial charge in [-0.25, -0.2) is 12.8 Å². The maximum absolute atomic E-state index is 12.9. The van der Waals surface area contributed by atoms with Gasteiger partial charge in [-0.2, -0.15) is 0 Å². The monoisotopic (exact) mass is 343 g/mol. The summed E-state index contributed by atoms with van der Waals surface area (Å²) in [5.41, 5.74) is 0.964. The van der Waals surface area contributed by atoms with E-state index in [0.717, 1.165) is 0 Å². The topological polar surface area (TPSA) is 55.4 Å². The molecule has 0 saturated heterocycles. The lowest BCUT2D eigenvalue weighted by molar-refractivity contribution is 0.331. The van der Waals surface area contributed by atoms with Gasteiger partial charge in [0.05, 0.1) is 6.61 Å². The van der Waals surface area contributed by atoms with E-state index >= 15 is 0 Å². The van der Waals surface area contributed by atoms with Crippen molar-refractivity contribution in [3.05, 3.63) is 52.8 Å². The third-order valence-corrected chi connectivity index (χ3v) is 4.72. The van der Waals surface area contributed by atoms with Gasteiger partial charge in [-0.3, -0.25) is 4.72 Å². The largest absolute Gasteiger partial charge is 0.492 e. The molecule has 118 valence electrons. The molecule has 0 aromatic heterocycles. The molecule has 0 bridgehead atoms. The van der Waals surface area contributed by atoms with E-state index in [4.69, 9.17) is 16.3 Å². The van der Waals surface area contributed by atoms with Gasteiger partial charge in [0.2, 0.25) is 0 Å². The lowest BCUT2D eigenvalue weighted by atomic mass is 10.2. The molecular formula is C15H15ClFNO3S. The van der Waals surface area contributed by atoms with Gasteiger partial charge < -0.3 is 4.74 Å². The van der Waals surface area contributed by atoms with Crippen LogP contribution in [-0.4, -0.2) is 15.0 Å². The molecule has 0 heterocycles. The van der Waals surface area contributed by atoms with E-state index in [1.807, 2.05) is 0 Å². The highest BCUT2D eigenvalue weighted by Crippen LogP contribution is 2.31. The predicted octanol–water partition coefficient (Wildman–Crippen LogP) is 3.99. The number of ether oxygens (including phenoxy) is 1. The highest BCUT2D eigenvalue weighted by atomic mass is 35.5. The number of nitrogens with one attached hydrogen (secondary N) is 1. The highest BCUT2D eigenvalue weighted by molar-refractivity contribution is 7.92. The van der Waals surface area contributed by atoms with Gasteiger partial charge in [0.1, 0.15) is 16.5 Å².